The first-order valence-corrected chi connectivity index (χ1v) is 8.76. The third kappa shape index (κ3) is 3.48. The summed E-state index contributed by atoms with van der Waals surface area (Å²) < 4.78 is 47.3. The maximum absolute atomic E-state index is 12.6. The van der Waals surface area contributed by atoms with Crippen molar-refractivity contribution in [2.45, 2.75) is 19.2 Å². The van der Waals surface area contributed by atoms with Crippen molar-refractivity contribution in [1.29, 1.82) is 0 Å². The number of benzene rings is 1. The summed E-state index contributed by atoms with van der Waals surface area (Å²) in [4.78, 5) is 29.0. The number of halogens is 3. The monoisotopic (exact) mass is 408 g/mol. The lowest BCUT2D eigenvalue weighted by Crippen LogP contribution is -2.57. The van der Waals surface area contributed by atoms with Gasteiger partial charge in [-0.3, -0.25) is 9.59 Å². The Bertz CT molecular complexity index is 1090. The van der Waals surface area contributed by atoms with Gasteiger partial charge in [-0.1, -0.05) is 5.16 Å². The topological polar surface area (TPSA) is 97.6 Å². The lowest BCUT2D eigenvalue weighted by Gasteiger charge is -2.41. The Morgan fingerprint density at radius 3 is 2.48 bits per heavy atom. The molecule has 1 aliphatic heterocycles. The second-order valence-corrected chi connectivity index (χ2v) is 6.49. The van der Waals surface area contributed by atoms with Crippen LogP contribution in [0.4, 0.5) is 30.2 Å². The van der Waals surface area contributed by atoms with Crippen molar-refractivity contribution in [3.8, 4) is 11.4 Å². The molecule has 29 heavy (non-hydrogen) atoms. The third-order valence-corrected chi connectivity index (χ3v) is 4.53. The number of nitrogens with one attached hydrogen (secondary N) is 1. The normalized spacial score (nSPS) is 15.0. The molecule has 0 spiro atoms. The Labute approximate surface area is 161 Å². The van der Waals surface area contributed by atoms with Crippen LogP contribution in [-0.4, -0.2) is 35.9 Å². The molecular formula is C18H15F3N4O4. The summed E-state index contributed by atoms with van der Waals surface area (Å²) in [6, 6.07) is 6.04. The quantitative estimate of drug-likeness (QED) is 0.621. The van der Waals surface area contributed by atoms with E-state index in [9.17, 15) is 22.8 Å². The maximum Gasteiger partial charge on any atom is 0.471 e. The molecule has 0 bridgehead atoms. The van der Waals surface area contributed by atoms with Crippen molar-refractivity contribution < 1.29 is 22.4 Å². The van der Waals surface area contributed by atoms with E-state index in [0.717, 1.165) is 0 Å². The minimum absolute atomic E-state index is 0.0353. The summed E-state index contributed by atoms with van der Waals surface area (Å²) in [5.74, 6) is -1.63. The Kier molecular flexibility index (Phi) is 4.61. The van der Waals surface area contributed by atoms with Crippen molar-refractivity contribution in [1.82, 2.24) is 10.1 Å². The van der Waals surface area contributed by atoms with Crippen molar-refractivity contribution >= 4 is 17.1 Å². The highest BCUT2D eigenvalue weighted by Crippen LogP contribution is 2.31. The van der Waals surface area contributed by atoms with Crippen LogP contribution in [0.3, 0.4) is 0 Å². The van der Waals surface area contributed by atoms with Crippen molar-refractivity contribution in [2.75, 3.05) is 29.9 Å². The summed E-state index contributed by atoms with van der Waals surface area (Å²) in [5, 5.41) is 6.21. The predicted molar refractivity (Wildman–Crippen MR) is 97.0 cm³/mol. The molecule has 0 amide bonds. The fraction of sp³-hybridized carbons (Fsp3) is 0.333. The Morgan fingerprint density at radius 1 is 1.21 bits per heavy atom. The average molecular weight is 408 g/mol. The maximum atomic E-state index is 12.6. The minimum atomic E-state index is -4.72. The predicted octanol–water partition coefficient (Wildman–Crippen LogP) is 2.32. The van der Waals surface area contributed by atoms with Gasteiger partial charge >= 0.3 is 12.1 Å². The number of ether oxygens (including phenoxy) is 1. The summed E-state index contributed by atoms with van der Waals surface area (Å²) in [6.07, 6.45) is -4.68. The smallest absolute Gasteiger partial charge is 0.375 e. The van der Waals surface area contributed by atoms with Crippen LogP contribution in [0.15, 0.2) is 38.4 Å². The number of hydrogen-bond acceptors (Lipinski definition) is 8. The SMILES string of the molecule is CCOC1CN(c2c(Nc3ccc(-c4noc(C(F)(F)F)n4)cc3)c(=O)c2=O)C1. The van der Waals surface area contributed by atoms with Crippen LogP contribution in [-0.2, 0) is 10.9 Å². The molecule has 2 aromatic carbocycles. The van der Waals surface area contributed by atoms with Gasteiger partial charge in [-0.25, -0.2) is 0 Å². The molecule has 152 valence electrons. The fourth-order valence-corrected chi connectivity index (χ4v) is 3.06. The molecule has 1 saturated heterocycles. The van der Waals surface area contributed by atoms with Crippen LogP contribution in [0, 0.1) is 0 Å². The van der Waals surface area contributed by atoms with Crippen LogP contribution >= 0.6 is 0 Å². The third-order valence-electron chi connectivity index (χ3n) is 4.53. The van der Waals surface area contributed by atoms with E-state index in [4.69, 9.17) is 4.74 Å². The van der Waals surface area contributed by atoms with Crippen LogP contribution in [0.25, 0.3) is 11.4 Å². The van der Waals surface area contributed by atoms with E-state index < -0.39 is 22.9 Å². The van der Waals surface area contributed by atoms with E-state index in [1.54, 1.807) is 17.0 Å². The number of nitrogens with zero attached hydrogens (tertiary/aromatic N) is 3. The zero-order valence-corrected chi connectivity index (χ0v) is 15.1. The lowest BCUT2D eigenvalue weighted by molar-refractivity contribution is -0.159. The summed E-state index contributed by atoms with van der Waals surface area (Å²) in [7, 11) is 0. The van der Waals surface area contributed by atoms with Gasteiger partial charge in [0.15, 0.2) is 0 Å². The highest BCUT2D eigenvalue weighted by Gasteiger charge is 2.38. The van der Waals surface area contributed by atoms with Crippen molar-refractivity contribution in [2.24, 2.45) is 0 Å². The molecule has 0 aliphatic carbocycles. The van der Waals surface area contributed by atoms with E-state index in [1.807, 2.05) is 6.92 Å². The molecular weight excluding hydrogens is 393 g/mol. The standard InChI is InChI=1S/C18H15F3N4O4/c1-2-28-11-7-25(8-11)13-12(14(26)15(13)27)22-10-5-3-9(4-6-10)16-23-17(29-24-16)18(19,20)21/h3-6,11,22H,2,7-8H2,1H3. The molecule has 11 heteroatoms. The van der Waals surface area contributed by atoms with Crippen LogP contribution in [0.1, 0.15) is 12.8 Å². The first kappa shape index (κ1) is 19.1. The Balaban J connectivity index is 1.48. The van der Waals surface area contributed by atoms with E-state index in [0.29, 0.717) is 36.6 Å². The van der Waals surface area contributed by atoms with Crippen molar-refractivity contribution in [3.05, 3.63) is 50.6 Å². The molecule has 0 atom stereocenters. The molecule has 8 nitrogen and oxygen atoms in total. The molecule has 0 unspecified atom stereocenters. The molecule has 0 saturated carbocycles. The molecule has 3 aromatic rings. The van der Waals surface area contributed by atoms with Gasteiger partial charge in [0.05, 0.1) is 6.10 Å². The number of alkyl halides is 3. The number of rotatable bonds is 6. The summed E-state index contributed by atoms with van der Waals surface area (Å²) >= 11 is 0. The summed E-state index contributed by atoms with van der Waals surface area (Å²) in [6.45, 7) is 3.53. The highest BCUT2D eigenvalue weighted by atomic mass is 19.4. The number of anilines is 3. The van der Waals surface area contributed by atoms with Gasteiger partial charge in [-0.2, -0.15) is 18.2 Å². The number of aromatic nitrogens is 2. The molecule has 1 fully saturated rings. The van der Waals surface area contributed by atoms with E-state index >= 15 is 0 Å². The molecule has 4 rings (SSSR count). The zero-order valence-electron chi connectivity index (χ0n) is 15.1. The fourth-order valence-electron chi connectivity index (χ4n) is 3.06. The number of hydrogen-bond donors (Lipinski definition) is 1. The Morgan fingerprint density at radius 2 is 1.90 bits per heavy atom. The van der Waals surface area contributed by atoms with Gasteiger partial charge in [-0.15, -0.1) is 0 Å². The van der Waals surface area contributed by atoms with Gasteiger partial charge in [0, 0.05) is 30.9 Å². The van der Waals surface area contributed by atoms with E-state index in [-0.39, 0.29) is 17.6 Å². The van der Waals surface area contributed by atoms with Gasteiger partial charge in [0.1, 0.15) is 11.4 Å². The first-order chi connectivity index (χ1) is 13.8. The van der Waals surface area contributed by atoms with Crippen LogP contribution < -0.4 is 21.1 Å². The van der Waals surface area contributed by atoms with Crippen LogP contribution in [0.2, 0.25) is 0 Å². The van der Waals surface area contributed by atoms with Gasteiger partial charge < -0.3 is 19.5 Å². The van der Waals surface area contributed by atoms with Crippen LogP contribution in [0.5, 0.6) is 0 Å². The van der Waals surface area contributed by atoms with E-state index in [1.165, 1.54) is 12.1 Å². The summed E-state index contributed by atoms with van der Waals surface area (Å²) in [5.41, 5.74) is 0.146. The molecule has 1 aromatic heterocycles. The van der Waals surface area contributed by atoms with Crippen molar-refractivity contribution in [3.63, 3.8) is 0 Å². The van der Waals surface area contributed by atoms with Gasteiger partial charge in [0.2, 0.25) is 5.82 Å². The first-order valence-electron chi connectivity index (χ1n) is 8.76. The molecule has 1 N–H and O–H groups in total. The zero-order chi connectivity index (χ0) is 20.8. The molecule has 2 heterocycles. The van der Waals surface area contributed by atoms with Gasteiger partial charge in [0.25, 0.3) is 10.9 Å². The van der Waals surface area contributed by atoms with E-state index in [2.05, 4.69) is 20.0 Å². The molecule has 1 aliphatic rings. The van der Waals surface area contributed by atoms with Gasteiger partial charge in [-0.05, 0) is 31.2 Å². The highest BCUT2D eigenvalue weighted by molar-refractivity contribution is 5.80. The second-order valence-electron chi connectivity index (χ2n) is 6.49. The Hall–Kier alpha value is -3.21. The molecule has 0 radical (unpaired) electrons. The largest absolute Gasteiger partial charge is 0.471 e. The lowest BCUT2D eigenvalue weighted by atomic mass is 10.1. The average Bonchev–Trinajstić information content (AvgIpc) is 3.16. The second kappa shape index (κ2) is 6.99. The minimum Gasteiger partial charge on any atom is -0.375 e.